The Labute approximate surface area is 172 Å². The van der Waals surface area contributed by atoms with E-state index in [-0.39, 0.29) is 11.8 Å². The van der Waals surface area contributed by atoms with E-state index in [0.29, 0.717) is 12.0 Å². The number of unbranched alkanes of at least 4 members (excludes halogenated alkanes) is 2. The van der Waals surface area contributed by atoms with Gasteiger partial charge in [-0.2, -0.15) is 0 Å². The van der Waals surface area contributed by atoms with Crippen LogP contribution in [0.2, 0.25) is 0 Å². The summed E-state index contributed by atoms with van der Waals surface area (Å²) in [6.07, 6.45) is 2.44. The number of hydrogen-bond donors (Lipinski definition) is 2. The number of nitrogens with zero attached hydrogens (tertiary/aromatic N) is 1. The van der Waals surface area contributed by atoms with Gasteiger partial charge in [0.25, 0.3) is 5.91 Å². The van der Waals surface area contributed by atoms with Crippen LogP contribution in [0.5, 0.6) is 0 Å². The van der Waals surface area contributed by atoms with Gasteiger partial charge in [0.2, 0.25) is 5.91 Å². The van der Waals surface area contributed by atoms with Crippen LogP contribution in [-0.4, -0.2) is 29.1 Å². The first kappa shape index (κ1) is 21.1. The van der Waals surface area contributed by atoms with Crippen LogP contribution in [0, 0.1) is 6.92 Å². The Bertz CT molecular complexity index is 866. The molecule has 2 aromatic rings. The third-order valence-electron chi connectivity index (χ3n) is 5.58. The molecule has 3 rings (SSSR count). The Morgan fingerprint density at radius 2 is 1.83 bits per heavy atom. The number of aryl methyl sites for hydroxylation is 1. The summed E-state index contributed by atoms with van der Waals surface area (Å²) in [6, 6.07) is 13.9. The maximum Gasteiger partial charge on any atom is 0.258 e. The molecule has 2 N–H and O–H groups in total. The molecule has 5 heteroatoms. The second-order valence-electron chi connectivity index (χ2n) is 7.84. The lowest BCUT2D eigenvalue weighted by Crippen LogP contribution is -2.55. The molecule has 3 atom stereocenters. The fourth-order valence-corrected chi connectivity index (χ4v) is 3.94. The van der Waals surface area contributed by atoms with Gasteiger partial charge in [-0.25, -0.2) is 0 Å². The summed E-state index contributed by atoms with van der Waals surface area (Å²) in [5.74, 6) is -0.222. The minimum Gasteiger partial charge on any atom is -0.388 e. The number of aliphatic hydroxyl groups is 1. The molecule has 0 bridgehead atoms. The summed E-state index contributed by atoms with van der Waals surface area (Å²) in [6.45, 7) is 5.89. The van der Waals surface area contributed by atoms with Crippen molar-refractivity contribution in [1.82, 2.24) is 5.32 Å². The SMILES string of the molecule is CCCCCC(=O)NC1c2cc(C)ccc2N(C(=O)c2ccccc2)[C@H](C)C1O. The van der Waals surface area contributed by atoms with Crippen LogP contribution in [0.25, 0.3) is 0 Å². The molecule has 0 spiro atoms. The summed E-state index contributed by atoms with van der Waals surface area (Å²) in [5.41, 5.74) is 3.10. The maximum absolute atomic E-state index is 13.2. The van der Waals surface area contributed by atoms with E-state index in [1.807, 2.05) is 50.2 Å². The number of amides is 2. The van der Waals surface area contributed by atoms with Gasteiger partial charge < -0.3 is 15.3 Å². The molecular weight excluding hydrogens is 364 g/mol. The molecule has 2 unspecified atom stereocenters. The van der Waals surface area contributed by atoms with Crippen molar-refractivity contribution < 1.29 is 14.7 Å². The van der Waals surface area contributed by atoms with Crippen molar-refractivity contribution in [2.75, 3.05) is 4.90 Å². The van der Waals surface area contributed by atoms with Crippen LogP contribution < -0.4 is 10.2 Å². The molecule has 154 valence electrons. The van der Waals surface area contributed by atoms with Crippen LogP contribution in [-0.2, 0) is 4.79 Å². The summed E-state index contributed by atoms with van der Waals surface area (Å²) >= 11 is 0. The minimum absolute atomic E-state index is 0.0648. The second kappa shape index (κ2) is 9.23. The maximum atomic E-state index is 13.2. The number of hydrogen-bond acceptors (Lipinski definition) is 3. The molecule has 0 saturated carbocycles. The molecule has 2 amide bonds. The Balaban J connectivity index is 1.94. The number of aliphatic hydroxyl groups excluding tert-OH is 1. The Kier molecular flexibility index (Phi) is 6.70. The first-order chi connectivity index (χ1) is 13.9. The van der Waals surface area contributed by atoms with Gasteiger partial charge >= 0.3 is 0 Å². The van der Waals surface area contributed by atoms with E-state index < -0.39 is 18.2 Å². The van der Waals surface area contributed by atoms with Gasteiger partial charge in [-0.15, -0.1) is 0 Å². The van der Waals surface area contributed by atoms with E-state index in [2.05, 4.69) is 12.2 Å². The van der Waals surface area contributed by atoms with Crippen molar-refractivity contribution in [2.24, 2.45) is 0 Å². The summed E-state index contributed by atoms with van der Waals surface area (Å²) < 4.78 is 0. The third-order valence-corrected chi connectivity index (χ3v) is 5.58. The number of nitrogens with one attached hydrogen (secondary N) is 1. The van der Waals surface area contributed by atoms with Crippen molar-refractivity contribution in [3.05, 3.63) is 65.2 Å². The van der Waals surface area contributed by atoms with Crippen LogP contribution in [0.1, 0.15) is 67.1 Å². The third kappa shape index (κ3) is 4.51. The van der Waals surface area contributed by atoms with Gasteiger partial charge in [-0.05, 0) is 38.5 Å². The van der Waals surface area contributed by atoms with Crippen molar-refractivity contribution in [1.29, 1.82) is 0 Å². The van der Waals surface area contributed by atoms with Gasteiger partial charge in [-0.1, -0.05) is 55.7 Å². The highest BCUT2D eigenvalue weighted by atomic mass is 16.3. The molecule has 1 heterocycles. The van der Waals surface area contributed by atoms with Gasteiger partial charge in [0.15, 0.2) is 0 Å². The summed E-state index contributed by atoms with van der Waals surface area (Å²) in [5, 5.41) is 14.1. The second-order valence-corrected chi connectivity index (χ2v) is 7.84. The van der Waals surface area contributed by atoms with Crippen molar-refractivity contribution >= 4 is 17.5 Å². The Morgan fingerprint density at radius 1 is 1.10 bits per heavy atom. The predicted molar refractivity (Wildman–Crippen MR) is 115 cm³/mol. The van der Waals surface area contributed by atoms with E-state index in [9.17, 15) is 14.7 Å². The standard InChI is InChI=1S/C24H30N2O3/c1-4-5-7-12-21(27)25-22-19-15-16(2)13-14-20(19)26(17(3)23(22)28)24(29)18-10-8-6-9-11-18/h6,8-11,13-15,17,22-23,28H,4-5,7,12H2,1-3H3,(H,25,27)/t17-,22?,23?/m1/s1. The zero-order valence-corrected chi connectivity index (χ0v) is 17.4. The molecule has 0 aliphatic carbocycles. The van der Waals surface area contributed by atoms with Crippen LogP contribution in [0.3, 0.4) is 0 Å². The van der Waals surface area contributed by atoms with Crippen LogP contribution >= 0.6 is 0 Å². The topological polar surface area (TPSA) is 69.6 Å². The number of fused-ring (bicyclic) bond motifs is 1. The molecular formula is C24H30N2O3. The molecule has 2 aromatic carbocycles. The zero-order valence-electron chi connectivity index (χ0n) is 17.4. The average Bonchev–Trinajstić information content (AvgIpc) is 2.72. The van der Waals surface area contributed by atoms with Crippen LogP contribution in [0.4, 0.5) is 5.69 Å². The lowest BCUT2D eigenvalue weighted by atomic mass is 9.87. The van der Waals surface area contributed by atoms with Crippen molar-refractivity contribution in [3.63, 3.8) is 0 Å². The Morgan fingerprint density at radius 3 is 2.52 bits per heavy atom. The number of carbonyl (C=O) groups is 2. The van der Waals surface area contributed by atoms with E-state index in [4.69, 9.17) is 0 Å². The molecule has 5 nitrogen and oxygen atoms in total. The zero-order chi connectivity index (χ0) is 21.0. The van der Waals surface area contributed by atoms with Gasteiger partial charge in [0, 0.05) is 23.2 Å². The molecule has 1 aliphatic rings. The monoisotopic (exact) mass is 394 g/mol. The number of anilines is 1. The van der Waals surface area contributed by atoms with Gasteiger partial charge in [-0.3, -0.25) is 9.59 Å². The molecule has 0 saturated heterocycles. The predicted octanol–water partition coefficient (Wildman–Crippen LogP) is 4.14. The smallest absolute Gasteiger partial charge is 0.258 e. The number of benzene rings is 2. The minimum atomic E-state index is -0.896. The lowest BCUT2D eigenvalue weighted by molar-refractivity contribution is -0.123. The highest BCUT2D eigenvalue weighted by molar-refractivity contribution is 6.07. The molecule has 29 heavy (non-hydrogen) atoms. The van der Waals surface area contributed by atoms with Crippen LogP contribution in [0.15, 0.2) is 48.5 Å². The van der Waals surface area contributed by atoms with Gasteiger partial charge in [0.1, 0.15) is 0 Å². The number of rotatable bonds is 6. The molecule has 1 aliphatic heterocycles. The van der Waals surface area contributed by atoms with Crippen molar-refractivity contribution in [3.8, 4) is 0 Å². The summed E-state index contributed by atoms with van der Waals surface area (Å²) in [7, 11) is 0. The highest BCUT2D eigenvalue weighted by Gasteiger charge is 2.41. The first-order valence-electron chi connectivity index (χ1n) is 10.4. The van der Waals surface area contributed by atoms with E-state index in [0.717, 1.165) is 36.1 Å². The normalized spacial score (nSPS) is 20.8. The molecule has 0 fully saturated rings. The summed E-state index contributed by atoms with van der Waals surface area (Å²) in [4.78, 5) is 27.3. The van der Waals surface area contributed by atoms with Gasteiger partial charge in [0.05, 0.1) is 18.2 Å². The van der Waals surface area contributed by atoms with E-state index in [1.54, 1.807) is 17.0 Å². The van der Waals surface area contributed by atoms with E-state index >= 15 is 0 Å². The van der Waals surface area contributed by atoms with E-state index in [1.165, 1.54) is 0 Å². The molecule has 0 aromatic heterocycles. The quantitative estimate of drug-likeness (QED) is 0.724. The average molecular weight is 395 g/mol. The largest absolute Gasteiger partial charge is 0.388 e. The number of carbonyl (C=O) groups excluding carboxylic acids is 2. The fourth-order valence-electron chi connectivity index (χ4n) is 3.94. The molecule has 0 radical (unpaired) electrons. The van der Waals surface area contributed by atoms with Crippen molar-refractivity contribution in [2.45, 2.75) is 64.6 Å². The first-order valence-corrected chi connectivity index (χ1v) is 10.4. The lowest BCUT2D eigenvalue weighted by Gasteiger charge is -2.43. The fraction of sp³-hybridized carbons (Fsp3) is 0.417. The highest BCUT2D eigenvalue weighted by Crippen LogP contribution is 2.39. The Hall–Kier alpha value is -2.66.